The molecule has 4 heteroatoms. The fraction of sp³-hybridized carbons (Fsp3) is 0.440. The molecule has 4 nitrogen and oxygen atoms in total. The number of amides is 1. The largest absolute Gasteiger partial charge is 0.342 e. The van der Waals surface area contributed by atoms with E-state index >= 15 is 0 Å². The number of unbranched alkanes of at least 4 members (excludes halogenated alkanes) is 2. The van der Waals surface area contributed by atoms with Crippen LogP contribution in [-0.4, -0.2) is 22.4 Å². The van der Waals surface area contributed by atoms with Crippen LogP contribution in [0.3, 0.4) is 0 Å². The van der Waals surface area contributed by atoms with Gasteiger partial charge in [0.2, 0.25) is 5.91 Å². The Hall–Kier alpha value is -2.62. The predicted molar refractivity (Wildman–Crippen MR) is 118 cm³/mol. The fourth-order valence-electron chi connectivity index (χ4n) is 4.83. The van der Waals surface area contributed by atoms with Gasteiger partial charge in [-0.05, 0) is 55.9 Å². The van der Waals surface area contributed by atoms with Crippen LogP contribution in [0.2, 0.25) is 0 Å². The van der Waals surface area contributed by atoms with Crippen LogP contribution in [0.1, 0.15) is 75.2 Å². The average Bonchev–Trinajstić information content (AvgIpc) is 3.38. The zero-order valence-corrected chi connectivity index (χ0v) is 17.5. The molecule has 1 N–H and O–H groups in total. The minimum atomic E-state index is -0.479. The molecule has 1 aliphatic heterocycles. The second-order valence-electron chi connectivity index (χ2n) is 9.16. The smallest absolute Gasteiger partial charge is 0.237 e. The van der Waals surface area contributed by atoms with E-state index in [1.807, 2.05) is 18.7 Å². The van der Waals surface area contributed by atoms with Gasteiger partial charge < -0.3 is 9.88 Å². The summed E-state index contributed by atoms with van der Waals surface area (Å²) >= 11 is 0. The number of fused-ring (bicyclic) bond motifs is 2. The first kappa shape index (κ1) is 18.4. The van der Waals surface area contributed by atoms with Crippen molar-refractivity contribution in [2.24, 2.45) is 0 Å². The van der Waals surface area contributed by atoms with Gasteiger partial charge in [0.05, 0.1) is 22.1 Å². The van der Waals surface area contributed by atoms with Gasteiger partial charge in [0.25, 0.3) is 0 Å². The summed E-state index contributed by atoms with van der Waals surface area (Å²) in [5.41, 5.74) is 5.12. The molecule has 2 atom stereocenters. The highest BCUT2D eigenvalue weighted by molar-refractivity contribution is 6.09. The maximum absolute atomic E-state index is 13.1. The second kappa shape index (κ2) is 6.72. The van der Waals surface area contributed by atoms with Gasteiger partial charge in [-0.25, -0.2) is 4.98 Å². The molecule has 0 saturated heterocycles. The highest BCUT2D eigenvalue weighted by Gasteiger charge is 2.45. The van der Waals surface area contributed by atoms with Gasteiger partial charge in [0, 0.05) is 12.5 Å². The van der Waals surface area contributed by atoms with Gasteiger partial charge in [-0.15, -0.1) is 0 Å². The van der Waals surface area contributed by atoms with Crippen molar-refractivity contribution in [3.8, 4) is 0 Å². The minimum Gasteiger partial charge on any atom is -0.342 e. The molecular formula is C25H29N3O. The van der Waals surface area contributed by atoms with E-state index in [4.69, 9.17) is 4.98 Å². The monoisotopic (exact) mass is 387 g/mol. The van der Waals surface area contributed by atoms with Gasteiger partial charge in [0.15, 0.2) is 0 Å². The van der Waals surface area contributed by atoms with Crippen LogP contribution >= 0.6 is 0 Å². The van der Waals surface area contributed by atoms with E-state index in [9.17, 15) is 4.79 Å². The summed E-state index contributed by atoms with van der Waals surface area (Å²) in [4.78, 5) is 23.6. The molecule has 0 spiro atoms. The Balaban J connectivity index is 1.47. The Morgan fingerprint density at radius 3 is 2.69 bits per heavy atom. The third kappa shape index (κ3) is 2.97. The summed E-state index contributed by atoms with van der Waals surface area (Å²) in [5.74, 6) is 2.32. The van der Waals surface area contributed by atoms with Gasteiger partial charge in [0.1, 0.15) is 5.82 Å². The number of aromatic nitrogens is 2. The molecule has 2 heterocycles. The molecule has 0 unspecified atom stereocenters. The van der Waals surface area contributed by atoms with Crippen molar-refractivity contribution in [2.75, 3.05) is 11.4 Å². The molecular weight excluding hydrogens is 358 g/mol. The summed E-state index contributed by atoms with van der Waals surface area (Å²) in [5, 5.41) is 0. The number of hydrogen-bond acceptors (Lipinski definition) is 2. The molecule has 1 aliphatic carbocycles. The standard InChI is InChI=1S/C25H29N3O/c1-4-5-9-12-28-22-15-21-20(14-19(22)25(2,3)24(28)29)26-23(27-21)18-13-17(18)16-10-7-6-8-11-16/h6-8,10-11,14-15,17-18H,4-5,9,12-13H2,1-3H3,(H,26,27)/t17-,18+/m0/s1. The van der Waals surface area contributed by atoms with Crippen LogP contribution in [0.25, 0.3) is 11.0 Å². The zero-order valence-electron chi connectivity index (χ0n) is 17.5. The summed E-state index contributed by atoms with van der Waals surface area (Å²) in [6.45, 7) is 7.08. The zero-order chi connectivity index (χ0) is 20.2. The lowest BCUT2D eigenvalue weighted by atomic mass is 9.86. The van der Waals surface area contributed by atoms with Gasteiger partial charge >= 0.3 is 0 Å². The number of carbonyl (C=O) groups is 1. The number of carbonyl (C=O) groups excluding carboxylic acids is 1. The van der Waals surface area contributed by atoms with Crippen molar-refractivity contribution >= 4 is 22.6 Å². The fourth-order valence-corrected chi connectivity index (χ4v) is 4.83. The molecule has 0 bridgehead atoms. The maximum Gasteiger partial charge on any atom is 0.237 e. The van der Waals surface area contributed by atoms with E-state index < -0.39 is 5.41 Å². The Bertz CT molecular complexity index is 1070. The first-order chi connectivity index (χ1) is 14.0. The van der Waals surface area contributed by atoms with Crippen LogP contribution in [0.5, 0.6) is 0 Å². The molecule has 1 saturated carbocycles. The number of benzene rings is 2. The summed E-state index contributed by atoms with van der Waals surface area (Å²) in [7, 11) is 0. The number of aromatic amines is 1. The number of nitrogens with zero attached hydrogens (tertiary/aromatic N) is 2. The number of nitrogens with one attached hydrogen (secondary N) is 1. The maximum atomic E-state index is 13.1. The Morgan fingerprint density at radius 1 is 1.14 bits per heavy atom. The Labute approximate surface area is 172 Å². The molecule has 1 aromatic heterocycles. The summed E-state index contributed by atoms with van der Waals surface area (Å²) < 4.78 is 0. The van der Waals surface area contributed by atoms with E-state index in [2.05, 4.69) is 54.4 Å². The quantitative estimate of drug-likeness (QED) is 0.556. The van der Waals surface area contributed by atoms with Crippen molar-refractivity contribution in [3.63, 3.8) is 0 Å². The molecule has 5 rings (SSSR count). The third-order valence-electron chi connectivity index (χ3n) is 6.72. The summed E-state index contributed by atoms with van der Waals surface area (Å²) in [6.07, 6.45) is 4.50. The average molecular weight is 388 g/mol. The molecule has 29 heavy (non-hydrogen) atoms. The SMILES string of the molecule is CCCCCN1C(=O)C(C)(C)c2cc3[nH]c([C@@H]4C[C@H]4c4ccccc4)nc3cc21. The highest BCUT2D eigenvalue weighted by atomic mass is 16.2. The van der Waals surface area contributed by atoms with Crippen molar-refractivity contribution in [3.05, 3.63) is 59.4 Å². The second-order valence-corrected chi connectivity index (χ2v) is 9.16. The van der Waals surface area contributed by atoms with Crippen molar-refractivity contribution in [1.29, 1.82) is 0 Å². The van der Waals surface area contributed by atoms with Crippen LogP contribution < -0.4 is 4.90 Å². The van der Waals surface area contributed by atoms with E-state index in [1.54, 1.807) is 0 Å². The molecule has 2 aromatic carbocycles. The molecule has 1 amide bonds. The Morgan fingerprint density at radius 2 is 1.93 bits per heavy atom. The van der Waals surface area contributed by atoms with E-state index in [0.29, 0.717) is 11.8 Å². The van der Waals surface area contributed by atoms with Crippen molar-refractivity contribution < 1.29 is 4.79 Å². The topological polar surface area (TPSA) is 49.0 Å². The van der Waals surface area contributed by atoms with E-state index in [-0.39, 0.29) is 5.91 Å². The number of rotatable bonds is 6. The number of H-pyrrole nitrogens is 1. The van der Waals surface area contributed by atoms with Crippen LogP contribution in [0, 0.1) is 0 Å². The van der Waals surface area contributed by atoms with Crippen LogP contribution in [-0.2, 0) is 10.2 Å². The lowest BCUT2D eigenvalue weighted by Crippen LogP contribution is -2.36. The number of imidazole rings is 1. The Kier molecular flexibility index (Phi) is 4.27. The van der Waals surface area contributed by atoms with E-state index in [0.717, 1.165) is 60.3 Å². The lowest BCUT2D eigenvalue weighted by Gasteiger charge is -2.20. The summed E-state index contributed by atoms with van der Waals surface area (Å²) in [6, 6.07) is 15.0. The highest BCUT2D eigenvalue weighted by Crippen LogP contribution is 2.54. The molecule has 1 fully saturated rings. The van der Waals surface area contributed by atoms with Crippen molar-refractivity contribution in [1.82, 2.24) is 9.97 Å². The molecule has 2 aliphatic rings. The lowest BCUT2D eigenvalue weighted by molar-refractivity contribution is -0.122. The van der Waals surface area contributed by atoms with Crippen LogP contribution in [0.15, 0.2) is 42.5 Å². The number of hydrogen-bond donors (Lipinski definition) is 1. The van der Waals surface area contributed by atoms with Crippen LogP contribution in [0.4, 0.5) is 5.69 Å². The van der Waals surface area contributed by atoms with Gasteiger partial charge in [-0.1, -0.05) is 50.1 Å². The number of anilines is 1. The molecule has 150 valence electrons. The first-order valence-corrected chi connectivity index (χ1v) is 10.9. The first-order valence-electron chi connectivity index (χ1n) is 10.9. The van der Waals surface area contributed by atoms with Crippen molar-refractivity contribution in [2.45, 2.75) is 63.7 Å². The third-order valence-corrected chi connectivity index (χ3v) is 6.72. The molecule has 3 aromatic rings. The van der Waals surface area contributed by atoms with Gasteiger partial charge in [-0.3, -0.25) is 4.79 Å². The molecule has 0 radical (unpaired) electrons. The normalized spacial score (nSPS) is 22.3. The van der Waals surface area contributed by atoms with E-state index in [1.165, 1.54) is 5.56 Å². The van der Waals surface area contributed by atoms with Gasteiger partial charge in [-0.2, -0.15) is 0 Å². The minimum absolute atomic E-state index is 0.211. The predicted octanol–water partition coefficient (Wildman–Crippen LogP) is 5.65.